The molecule has 1 heterocycles. The first-order chi connectivity index (χ1) is 9.27. The zero-order valence-corrected chi connectivity index (χ0v) is 11.8. The third-order valence-electron chi connectivity index (χ3n) is 3.60. The molecule has 2 atom stereocenters. The number of nitrogens with two attached hydrogens (primary N) is 1. The van der Waals surface area contributed by atoms with Crippen LogP contribution in [0.25, 0.3) is 0 Å². The molecule has 3 nitrogen and oxygen atoms in total. The van der Waals surface area contributed by atoms with Gasteiger partial charge in [-0.1, -0.05) is 44.2 Å². The van der Waals surface area contributed by atoms with Gasteiger partial charge in [-0.3, -0.25) is 0 Å². The van der Waals surface area contributed by atoms with Gasteiger partial charge in [-0.25, -0.2) is 4.98 Å². The van der Waals surface area contributed by atoms with Gasteiger partial charge in [0.05, 0.1) is 12.1 Å². The summed E-state index contributed by atoms with van der Waals surface area (Å²) < 4.78 is 2.25. The summed E-state index contributed by atoms with van der Waals surface area (Å²) in [4.78, 5) is 4.46. The highest BCUT2D eigenvalue weighted by atomic mass is 15.1. The average Bonchev–Trinajstić information content (AvgIpc) is 2.89. The lowest BCUT2D eigenvalue weighted by Gasteiger charge is -2.26. The van der Waals surface area contributed by atoms with Crippen LogP contribution in [0.4, 0.5) is 0 Å². The van der Waals surface area contributed by atoms with E-state index in [-0.39, 0.29) is 12.1 Å². The van der Waals surface area contributed by atoms with Gasteiger partial charge in [0.2, 0.25) is 0 Å². The Labute approximate surface area is 115 Å². The van der Waals surface area contributed by atoms with Crippen LogP contribution in [0.5, 0.6) is 0 Å². The number of aryl methyl sites for hydroxylation is 1. The summed E-state index contributed by atoms with van der Waals surface area (Å²) in [6.07, 6.45) is 7.05. The lowest BCUT2D eigenvalue weighted by atomic mass is 9.98. The molecule has 0 aliphatic carbocycles. The molecule has 1 aromatic heterocycles. The summed E-state index contributed by atoms with van der Waals surface area (Å²) in [5, 5.41) is 0. The third kappa shape index (κ3) is 3.04. The van der Waals surface area contributed by atoms with Crippen molar-refractivity contribution < 1.29 is 0 Å². The highest BCUT2D eigenvalue weighted by molar-refractivity contribution is 5.20. The quantitative estimate of drug-likeness (QED) is 0.861. The third-order valence-corrected chi connectivity index (χ3v) is 3.60. The van der Waals surface area contributed by atoms with Crippen LogP contribution in [0.15, 0.2) is 42.7 Å². The molecule has 0 saturated heterocycles. The van der Waals surface area contributed by atoms with E-state index in [1.165, 1.54) is 5.56 Å². The molecule has 0 fully saturated rings. The maximum Gasteiger partial charge on any atom is 0.108 e. The largest absolute Gasteiger partial charge is 0.330 e. The van der Waals surface area contributed by atoms with Crippen LogP contribution in [-0.4, -0.2) is 9.55 Å². The number of hydrogen-bond acceptors (Lipinski definition) is 2. The average molecular weight is 257 g/mol. The van der Waals surface area contributed by atoms with E-state index in [0.29, 0.717) is 0 Å². The summed E-state index contributed by atoms with van der Waals surface area (Å²) >= 11 is 0. The molecular formula is C16H23N3. The first-order valence-corrected chi connectivity index (χ1v) is 7.10. The predicted molar refractivity (Wildman–Crippen MR) is 78.9 cm³/mol. The second kappa shape index (κ2) is 6.53. The lowest BCUT2D eigenvalue weighted by Crippen LogP contribution is -2.25. The van der Waals surface area contributed by atoms with Gasteiger partial charge in [-0.15, -0.1) is 0 Å². The van der Waals surface area contributed by atoms with Gasteiger partial charge in [0.25, 0.3) is 0 Å². The van der Waals surface area contributed by atoms with Crippen LogP contribution in [0.2, 0.25) is 0 Å². The van der Waals surface area contributed by atoms with Crippen LogP contribution >= 0.6 is 0 Å². The van der Waals surface area contributed by atoms with E-state index in [1.54, 1.807) is 0 Å². The van der Waals surface area contributed by atoms with Crippen molar-refractivity contribution in [2.24, 2.45) is 5.73 Å². The maximum atomic E-state index is 6.46. The Morgan fingerprint density at radius 1 is 1.21 bits per heavy atom. The number of benzene rings is 1. The first-order valence-electron chi connectivity index (χ1n) is 7.10. The van der Waals surface area contributed by atoms with E-state index in [9.17, 15) is 0 Å². The summed E-state index contributed by atoms with van der Waals surface area (Å²) in [7, 11) is 0. The molecule has 1 aromatic carbocycles. The van der Waals surface area contributed by atoms with E-state index in [4.69, 9.17) is 5.73 Å². The highest BCUT2D eigenvalue weighted by Gasteiger charge is 2.21. The normalized spacial score (nSPS) is 14.3. The Morgan fingerprint density at radius 3 is 2.58 bits per heavy atom. The van der Waals surface area contributed by atoms with Crippen molar-refractivity contribution in [2.75, 3.05) is 0 Å². The van der Waals surface area contributed by atoms with E-state index < -0.39 is 0 Å². The van der Waals surface area contributed by atoms with Crippen LogP contribution in [0.1, 0.15) is 50.2 Å². The monoisotopic (exact) mass is 257 g/mol. The van der Waals surface area contributed by atoms with Gasteiger partial charge in [-0.2, -0.15) is 0 Å². The fourth-order valence-electron chi connectivity index (χ4n) is 2.58. The molecule has 19 heavy (non-hydrogen) atoms. The minimum atomic E-state index is 0.0102. The van der Waals surface area contributed by atoms with Crippen LogP contribution in [-0.2, 0) is 6.42 Å². The minimum Gasteiger partial charge on any atom is -0.330 e. The maximum absolute atomic E-state index is 6.46. The molecule has 102 valence electrons. The topological polar surface area (TPSA) is 43.8 Å². The minimum absolute atomic E-state index is 0.0102. The molecule has 0 aliphatic heterocycles. The Balaban J connectivity index is 2.26. The Hall–Kier alpha value is -1.61. The van der Waals surface area contributed by atoms with Crippen molar-refractivity contribution in [3.05, 3.63) is 54.1 Å². The molecule has 2 unspecified atom stereocenters. The zero-order valence-electron chi connectivity index (χ0n) is 11.8. The fraction of sp³-hybridized carbons (Fsp3) is 0.438. The summed E-state index contributed by atoms with van der Waals surface area (Å²) in [5.74, 6) is 1.14. The predicted octanol–water partition coefficient (Wildman–Crippen LogP) is 3.49. The highest BCUT2D eigenvalue weighted by Crippen LogP contribution is 2.28. The molecular weight excluding hydrogens is 234 g/mol. The number of nitrogens with zero attached hydrogens (tertiary/aromatic N) is 2. The molecule has 2 aromatic rings. The smallest absolute Gasteiger partial charge is 0.108 e. The summed E-state index contributed by atoms with van der Waals surface area (Å²) in [6, 6.07) is 10.6. The summed E-state index contributed by atoms with van der Waals surface area (Å²) in [5.41, 5.74) is 7.64. The molecule has 0 spiro atoms. The van der Waals surface area contributed by atoms with Crippen molar-refractivity contribution in [3.63, 3.8) is 0 Å². The number of rotatable bonds is 6. The van der Waals surface area contributed by atoms with E-state index in [1.807, 2.05) is 24.4 Å². The van der Waals surface area contributed by atoms with E-state index >= 15 is 0 Å². The van der Waals surface area contributed by atoms with Crippen molar-refractivity contribution in [1.29, 1.82) is 0 Å². The van der Waals surface area contributed by atoms with E-state index in [0.717, 1.165) is 25.1 Å². The summed E-state index contributed by atoms with van der Waals surface area (Å²) in [6.45, 7) is 4.36. The molecule has 0 bridgehead atoms. The first kappa shape index (κ1) is 13.8. The molecule has 0 amide bonds. The standard InChI is InChI=1S/C16H23N3/c1-3-8-15-18-11-12-19(15)14(4-2)16(17)13-9-6-5-7-10-13/h5-7,9-12,14,16H,3-4,8,17H2,1-2H3. The van der Waals surface area contributed by atoms with Gasteiger partial charge in [0.15, 0.2) is 0 Å². The van der Waals surface area contributed by atoms with Gasteiger partial charge >= 0.3 is 0 Å². The second-order valence-corrected chi connectivity index (χ2v) is 4.91. The SMILES string of the molecule is CCCc1nccn1C(CC)C(N)c1ccccc1. The number of imidazole rings is 1. The molecule has 2 N–H and O–H groups in total. The lowest BCUT2D eigenvalue weighted by molar-refractivity contribution is 0.393. The number of aromatic nitrogens is 2. The van der Waals surface area contributed by atoms with Gasteiger partial charge in [0, 0.05) is 18.8 Å². The van der Waals surface area contributed by atoms with Gasteiger partial charge in [0.1, 0.15) is 5.82 Å². The van der Waals surface area contributed by atoms with Crippen LogP contribution in [0.3, 0.4) is 0 Å². The molecule has 0 aliphatic rings. The molecule has 0 radical (unpaired) electrons. The van der Waals surface area contributed by atoms with Crippen molar-refractivity contribution in [3.8, 4) is 0 Å². The van der Waals surface area contributed by atoms with Crippen molar-refractivity contribution in [1.82, 2.24) is 9.55 Å². The Kier molecular flexibility index (Phi) is 4.74. The van der Waals surface area contributed by atoms with Gasteiger partial charge < -0.3 is 10.3 Å². The van der Waals surface area contributed by atoms with Crippen LogP contribution < -0.4 is 5.73 Å². The van der Waals surface area contributed by atoms with E-state index in [2.05, 4.69) is 41.7 Å². The fourth-order valence-corrected chi connectivity index (χ4v) is 2.58. The molecule has 2 rings (SSSR count). The zero-order chi connectivity index (χ0) is 13.7. The van der Waals surface area contributed by atoms with Crippen LogP contribution in [0, 0.1) is 0 Å². The molecule has 3 heteroatoms. The second-order valence-electron chi connectivity index (χ2n) is 4.91. The van der Waals surface area contributed by atoms with Crippen molar-refractivity contribution in [2.45, 2.75) is 45.2 Å². The Bertz CT molecular complexity index is 490. The molecule has 0 saturated carbocycles. The van der Waals surface area contributed by atoms with Crippen molar-refractivity contribution >= 4 is 0 Å². The van der Waals surface area contributed by atoms with Gasteiger partial charge in [-0.05, 0) is 18.4 Å². The number of hydrogen-bond donors (Lipinski definition) is 1. The Morgan fingerprint density at radius 2 is 1.95 bits per heavy atom.